The van der Waals surface area contributed by atoms with Crippen LogP contribution in [0, 0.1) is 4.91 Å². The van der Waals surface area contributed by atoms with Crippen molar-refractivity contribution in [1.29, 1.82) is 0 Å². The predicted octanol–water partition coefficient (Wildman–Crippen LogP) is 1.63. The van der Waals surface area contributed by atoms with E-state index >= 15 is 0 Å². The lowest BCUT2D eigenvalue weighted by Crippen LogP contribution is -2.30. The minimum absolute atomic E-state index is 0.282. The van der Waals surface area contributed by atoms with Crippen molar-refractivity contribution in [3.8, 4) is 0 Å². The Balaban J connectivity index is 2.07. The third-order valence-electron chi connectivity index (χ3n) is 2.05. The molecule has 0 aromatic carbocycles. The molecule has 0 saturated heterocycles. The largest absolute Gasteiger partial charge is 0.293 e. The zero-order valence-corrected chi connectivity index (χ0v) is 6.18. The van der Waals surface area contributed by atoms with Crippen molar-refractivity contribution in [2.24, 2.45) is 5.18 Å². The fourth-order valence-electron chi connectivity index (χ4n) is 1.47. The molecule has 0 unspecified atom stereocenters. The zero-order valence-electron chi connectivity index (χ0n) is 6.18. The highest BCUT2D eigenvalue weighted by molar-refractivity contribution is 4.70. The highest BCUT2D eigenvalue weighted by Gasteiger charge is 2.11. The summed E-state index contributed by atoms with van der Waals surface area (Å²) in [6, 6.07) is 0.562. The average molecular weight is 142 g/mol. The van der Waals surface area contributed by atoms with Gasteiger partial charge < -0.3 is 0 Å². The van der Waals surface area contributed by atoms with Crippen LogP contribution in [0.2, 0.25) is 0 Å². The van der Waals surface area contributed by atoms with E-state index in [-0.39, 0.29) is 6.67 Å². The van der Waals surface area contributed by atoms with E-state index in [0.29, 0.717) is 6.04 Å². The summed E-state index contributed by atoms with van der Waals surface area (Å²) < 4.78 is 0. The first kappa shape index (κ1) is 7.66. The molecule has 0 heterocycles. The molecule has 1 rings (SSSR count). The van der Waals surface area contributed by atoms with E-state index in [0.717, 1.165) is 0 Å². The summed E-state index contributed by atoms with van der Waals surface area (Å²) in [6.45, 7) is 0.282. The van der Waals surface area contributed by atoms with Gasteiger partial charge in [-0.05, 0) is 12.8 Å². The Kier molecular flexibility index (Phi) is 3.36. The Morgan fingerprint density at radius 1 is 1.30 bits per heavy atom. The van der Waals surface area contributed by atoms with Crippen molar-refractivity contribution >= 4 is 0 Å². The Morgan fingerprint density at radius 3 is 2.60 bits per heavy atom. The van der Waals surface area contributed by atoms with Gasteiger partial charge >= 0.3 is 0 Å². The summed E-state index contributed by atoms with van der Waals surface area (Å²) in [5.74, 6) is 0. The maximum Gasteiger partial charge on any atom is 0.131 e. The van der Waals surface area contributed by atoms with E-state index in [9.17, 15) is 4.91 Å². The van der Waals surface area contributed by atoms with Crippen LogP contribution in [0.25, 0.3) is 0 Å². The Bertz CT molecular complexity index is 99.8. The quantitative estimate of drug-likeness (QED) is 0.608. The molecule has 0 radical (unpaired) electrons. The van der Waals surface area contributed by atoms with E-state index in [2.05, 4.69) is 10.5 Å². The second-order valence-electron chi connectivity index (χ2n) is 2.83. The van der Waals surface area contributed by atoms with E-state index in [1.807, 2.05) is 0 Å². The molecule has 0 aromatic heterocycles. The molecule has 3 heteroatoms. The predicted molar refractivity (Wildman–Crippen MR) is 40.7 cm³/mol. The molecule has 0 spiro atoms. The number of nitroso groups, excluding NO2 is 1. The van der Waals surface area contributed by atoms with Crippen LogP contribution in [0.4, 0.5) is 0 Å². The normalized spacial score (nSPS) is 20.8. The first-order valence-corrected chi connectivity index (χ1v) is 3.96. The van der Waals surface area contributed by atoms with Crippen LogP contribution < -0.4 is 5.32 Å². The number of hydrogen-bond acceptors (Lipinski definition) is 3. The fourth-order valence-corrected chi connectivity index (χ4v) is 1.47. The van der Waals surface area contributed by atoms with Gasteiger partial charge in [-0.2, -0.15) is 0 Å². The summed E-state index contributed by atoms with van der Waals surface area (Å²) in [4.78, 5) is 9.74. The van der Waals surface area contributed by atoms with Gasteiger partial charge in [-0.3, -0.25) is 5.32 Å². The molecule has 10 heavy (non-hydrogen) atoms. The van der Waals surface area contributed by atoms with Gasteiger partial charge in [-0.15, -0.1) is 4.91 Å². The van der Waals surface area contributed by atoms with Gasteiger partial charge in [0.1, 0.15) is 6.67 Å². The van der Waals surface area contributed by atoms with Crippen molar-refractivity contribution < 1.29 is 0 Å². The Labute approximate surface area is 61.2 Å². The Morgan fingerprint density at radius 2 is 2.00 bits per heavy atom. The average Bonchev–Trinajstić information content (AvgIpc) is 2.03. The molecule has 0 aliphatic heterocycles. The topological polar surface area (TPSA) is 41.5 Å². The zero-order chi connectivity index (χ0) is 7.23. The fraction of sp³-hybridized carbons (Fsp3) is 1.00. The van der Waals surface area contributed by atoms with Gasteiger partial charge in [0.25, 0.3) is 0 Å². The monoisotopic (exact) mass is 142 g/mol. The van der Waals surface area contributed by atoms with Crippen molar-refractivity contribution in [2.75, 3.05) is 6.67 Å². The van der Waals surface area contributed by atoms with Crippen LogP contribution >= 0.6 is 0 Å². The van der Waals surface area contributed by atoms with Gasteiger partial charge in [0.05, 0.1) is 0 Å². The third kappa shape index (κ3) is 2.43. The van der Waals surface area contributed by atoms with Crippen molar-refractivity contribution in [3.05, 3.63) is 4.91 Å². The molecule has 1 N–H and O–H groups in total. The van der Waals surface area contributed by atoms with Crippen LogP contribution in [0.5, 0.6) is 0 Å². The van der Waals surface area contributed by atoms with E-state index in [4.69, 9.17) is 0 Å². The molecule has 0 amide bonds. The summed E-state index contributed by atoms with van der Waals surface area (Å²) >= 11 is 0. The maximum atomic E-state index is 9.74. The molecule has 58 valence electrons. The number of rotatable bonds is 3. The molecular formula is C7H14N2O. The maximum absolute atomic E-state index is 9.74. The van der Waals surface area contributed by atoms with E-state index in [1.165, 1.54) is 32.1 Å². The van der Waals surface area contributed by atoms with Crippen LogP contribution in [-0.2, 0) is 0 Å². The number of nitrogens with zero attached hydrogens (tertiary/aromatic N) is 1. The van der Waals surface area contributed by atoms with Crippen LogP contribution in [0.3, 0.4) is 0 Å². The summed E-state index contributed by atoms with van der Waals surface area (Å²) in [6.07, 6.45) is 6.39. The molecule has 1 aliphatic rings. The minimum Gasteiger partial charge on any atom is -0.293 e. The Hall–Kier alpha value is -0.440. The first-order valence-electron chi connectivity index (χ1n) is 3.96. The van der Waals surface area contributed by atoms with E-state index in [1.54, 1.807) is 0 Å². The van der Waals surface area contributed by atoms with Crippen LogP contribution in [0.1, 0.15) is 32.1 Å². The number of nitrogens with one attached hydrogen (secondary N) is 1. The lowest BCUT2D eigenvalue weighted by molar-refractivity contribution is 0.377. The van der Waals surface area contributed by atoms with E-state index < -0.39 is 0 Å². The smallest absolute Gasteiger partial charge is 0.131 e. The lowest BCUT2D eigenvalue weighted by atomic mass is 9.96. The molecule has 0 bridgehead atoms. The third-order valence-corrected chi connectivity index (χ3v) is 2.05. The van der Waals surface area contributed by atoms with Crippen molar-refractivity contribution in [2.45, 2.75) is 38.1 Å². The highest BCUT2D eigenvalue weighted by atomic mass is 16.3. The molecule has 1 aliphatic carbocycles. The molecule has 0 aromatic rings. The van der Waals surface area contributed by atoms with Gasteiger partial charge in [0.15, 0.2) is 0 Å². The first-order chi connectivity index (χ1) is 4.93. The summed E-state index contributed by atoms with van der Waals surface area (Å²) in [5, 5.41) is 5.86. The summed E-state index contributed by atoms with van der Waals surface area (Å²) in [5.41, 5.74) is 0. The molecule has 3 nitrogen and oxygen atoms in total. The second-order valence-corrected chi connectivity index (χ2v) is 2.83. The van der Waals surface area contributed by atoms with Gasteiger partial charge in [0.2, 0.25) is 0 Å². The molecular weight excluding hydrogens is 128 g/mol. The van der Waals surface area contributed by atoms with Gasteiger partial charge in [0, 0.05) is 6.04 Å². The molecule has 0 atom stereocenters. The van der Waals surface area contributed by atoms with Crippen molar-refractivity contribution in [1.82, 2.24) is 5.32 Å². The highest BCUT2D eigenvalue weighted by Crippen LogP contribution is 2.16. The summed E-state index contributed by atoms with van der Waals surface area (Å²) in [7, 11) is 0. The second kappa shape index (κ2) is 4.39. The van der Waals surface area contributed by atoms with Gasteiger partial charge in [-0.25, -0.2) is 0 Å². The SMILES string of the molecule is O=NCNC1CCCCC1. The molecule has 1 fully saturated rings. The molecule has 1 saturated carbocycles. The van der Waals surface area contributed by atoms with Crippen LogP contribution in [-0.4, -0.2) is 12.7 Å². The lowest BCUT2D eigenvalue weighted by Gasteiger charge is -2.20. The van der Waals surface area contributed by atoms with Crippen molar-refractivity contribution in [3.63, 3.8) is 0 Å². The minimum atomic E-state index is 0.282. The van der Waals surface area contributed by atoms with Gasteiger partial charge in [-0.1, -0.05) is 24.4 Å². The standard InChI is InChI=1S/C7H14N2O/c10-9-6-8-7-4-2-1-3-5-7/h7-8H,1-6H2. The number of hydrogen-bond donors (Lipinski definition) is 1. The van der Waals surface area contributed by atoms with Crippen LogP contribution in [0.15, 0.2) is 5.18 Å².